The van der Waals surface area contributed by atoms with E-state index in [1.165, 1.54) is 18.2 Å². The summed E-state index contributed by atoms with van der Waals surface area (Å²) in [5, 5.41) is 10.7. The van der Waals surface area contributed by atoms with Gasteiger partial charge in [0.15, 0.2) is 0 Å². The highest BCUT2D eigenvalue weighted by atomic mass is 35.5. The Morgan fingerprint density at radius 2 is 1.88 bits per heavy atom. The van der Waals surface area contributed by atoms with Gasteiger partial charge in [-0.25, -0.2) is 4.79 Å². The summed E-state index contributed by atoms with van der Waals surface area (Å²) in [4.78, 5) is 62.6. The van der Waals surface area contributed by atoms with Gasteiger partial charge in [-0.2, -0.15) is 0 Å². The fourth-order valence-corrected chi connectivity index (χ4v) is 3.87. The van der Waals surface area contributed by atoms with Gasteiger partial charge in [-0.3, -0.25) is 24.5 Å². The molecule has 0 spiro atoms. The van der Waals surface area contributed by atoms with E-state index in [1.54, 1.807) is 0 Å². The van der Waals surface area contributed by atoms with Crippen molar-refractivity contribution in [3.63, 3.8) is 0 Å². The van der Waals surface area contributed by atoms with Gasteiger partial charge in [0.25, 0.3) is 11.8 Å². The monoisotopic (exact) mass is 490 g/mol. The third-order valence-corrected chi connectivity index (χ3v) is 6.29. The zero-order chi connectivity index (χ0) is 24.2. The Morgan fingerprint density at radius 3 is 2.53 bits per heavy atom. The molecule has 10 nitrogen and oxygen atoms in total. The molecule has 1 unspecified atom stereocenters. The molecule has 0 aromatic heterocycles. The van der Waals surface area contributed by atoms with Crippen molar-refractivity contribution in [2.75, 3.05) is 18.5 Å². The number of ketones is 1. The topological polar surface area (TPSA) is 143 Å². The molecule has 4 N–H and O–H groups in total. The first-order chi connectivity index (χ1) is 16.3. The van der Waals surface area contributed by atoms with Crippen LogP contribution in [-0.2, 0) is 19.1 Å². The first kappa shape index (κ1) is 24.0. The van der Waals surface area contributed by atoms with E-state index in [2.05, 4.69) is 21.3 Å². The van der Waals surface area contributed by atoms with Crippen LogP contribution in [0.5, 0.6) is 0 Å². The van der Waals surface area contributed by atoms with Gasteiger partial charge in [0.05, 0.1) is 23.9 Å². The summed E-state index contributed by atoms with van der Waals surface area (Å²) in [6.45, 7) is 0.773. The first-order valence-electron chi connectivity index (χ1n) is 11.5. The van der Waals surface area contributed by atoms with E-state index in [-0.39, 0.29) is 34.6 Å². The van der Waals surface area contributed by atoms with Crippen LogP contribution in [0.25, 0.3) is 0 Å². The number of hydrogen-bond donors (Lipinski definition) is 4. The van der Waals surface area contributed by atoms with Crippen LogP contribution in [0.15, 0.2) is 18.2 Å². The van der Waals surface area contributed by atoms with Crippen LogP contribution < -0.4 is 21.3 Å². The molecule has 3 aliphatic rings. The SMILES string of the molecule is O=C(Nc1ccc(Cl)cc1C(=O)NC(C[C@@H]1CCNC1=O)C(=O)C(=O)NC1CC1)OCC1CC1. The van der Waals surface area contributed by atoms with E-state index in [9.17, 15) is 24.0 Å². The number of amides is 4. The normalized spacial score (nSPS) is 20.1. The van der Waals surface area contributed by atoms with E-state index in [4.69, 9.17) is 16.3 Å². The molecule has 1 aliphatic heterocycles. The third-order valence-electron chi connectivity index (χ3n) is 6.05. The van der Waals surface area contributed by atoms with Crippen LogP contribution in [0.4, 0.5) is 10.5 Å². The van der Waals surface area contributed by atoms with Gasteiger partial charge in [0.2, 0.25) is 11.7 Å². The van der Waals surface area contributed by atoms with Crippen molar-refractivity contribution >= 4 is 46.9 Å². The molecule has 2 aliphatic carbocycles. The molecule has 11 heteroatoms. The van der Waals surface area contributed by atoms with Gasteiger partial charge in [0, 0.05) is 23.5 Å². The van der Waals surface area contributed by atoms with Crippen molar-refractivity contribution in [1.29, 1.82) is 0 Å². The summed E-state index contributed by atoms with van der Waals surface area (Å²) in [7, 11) is 0. The summed E-state index contributed by atoms with van der Waals surface area (Å²) < 4.78 is 5.16. The van der Waals surface area contributed by atoms with E-state index >= 15 is 0 Å². The predicted molar refractivity (Wildman–Crippen MR) is 122 cm³/mol. The Hall–Kier alpha value is -3.14. The second-order valence-electron chi connectivity index (χ2n) is 9.01. The second kappa shape index (κ2) is 10.4. The Morgan fingerprint density at radius 1 is 1.12 bits per heavy atom. The van der Waals surface area contributed by atoms with Crippen molar-refractivity contribution in [1.82, 2.24) is 16.0 Å². The van der Waals surface area contributed by atoms with Crippen molar-refractivity contribution in [3.05, 3.63) is 28.8 Å². The van der Waals surface area contributed by atoms with Crippen LogP contribution in [0.2, 0.25) is 5.02 Å². The molecule has 182 valence electrons. The van der Waals surface area contributed by atoms with E-state index in [0.29, 0.717) is 25.5 Å². The molecule has 2 saturated carbocycles. The Labute approximate surface area is 201 Å². The molecule has 1 aromatic rings. The zero-order valence-corrected chi connectivity index (χ0v) is 19.3. The standard InChI is InChI=1S/C23H27ClN4O6/c24-14-3-6-17(28-23(33)34-11-12-1-2-12)16(10-14)21(31)27-18(9-13-7-8-25-20(13)30)19(29)22(32)26-15-4-5-15/h3,6,10,12-13,15,18H,1-2,4-5,7-9,11H2,(H,25,30)(H,26,32)(H,27,31)(H,28,33)/t13-,18?/m0/s1. The van der Waals surface area contributed by atoms with Crippen LogP contribution in [0, 0.1) is 11.8 Å². The van der Waals surface area contributed by atoms with Crippen LogP contribution in [0.3, 0.4) is 0 Å². The number of ether oxygens (including phenoxy) is 1. The zero-order valence-electron chi connectivity index (χ0n) is 18.5. The van der Waals surface area contributed by atoms with E-state index in [0.717, 1.165) is 25.7 Å². The fraction of sp³-hybridized carbons (Fsp3) is 0.522. The molecule has 1 heterocycles. The molecular formula is C23H27ClN4O6. The lowest BCUT2D eigenvalue weighted by molar-refractivity contribution is -0.139. The van der Waals surface area contributed by atoms with Crippen LogP contribution >= 0.6 is 11.6 Å². The Balaban J connectivity index is 1.48. The smallest absolute Gasteiger partial charge is 0.411 e. The van der Waals surface area contributed by atoms with E-state index in [1.807, 2.05) is 0 Å². The number of Topliss-reactive ketones (excluding diaryl/α,β-unsaturated/α-hetero) is 1. The van der Waals surface area contributed by atoms with Crippen molar-refractivity contribution in [3.8, 4) is 0 Å². The lowest BCUT2D eigenvalue weighted by Gasteiger charge is -2.20. The summed E-state index contributed by atoms with van der Waals surface area (Å²) in [6, 6.07) is 3.06. The van der Waals surface area contributed by atoms with Gasteiger partial charge in [-0.05, 0) is 62.6 Å². The number of halogens is 1. The molecule has 0 radical (unpaired) electrons. The summed E-state index contributed by atoms with van der Waals surface area (Å²) in [6.07, 6.45) is 3.42. The largest absolute Gasteiger partial charge is 0.449 e. The average Bonchev–Trinajstić information content (AvgIpc) is 3.73. The Kier molecular flexibility index (Phi) is 7.35. The van der Waals surface area contributed by atoms with Crippen molar-refractivity contribution < 1.29 is 28.7 Å². The number of carbonyl (C=O) groups is 5. The molecule has 4 rings (SSSR count). The number of benzene rings is 1. The first-order valence-corrected chi connectivity index (χ1v) is 11.8. The fourth-order valence-electron chi connectivity index (χ4n) is 3.70. The maximum atomic E-state index is 13.2. The number of anilines is 1. The number of hydrogen-bond acceptors (Lipinski definition) is 6. The lowest BCUT2D eigenvalue weighted by atomic mass is 9.95. The van der Waals surface area contributed by atoms with Gasteiger partial charge in [-0.1, -0.05) is 11.6 Å². The number of rotatable bonds is 10. The second-order valence-corrected chi connectivity index (χ2v) is 9.44. The molecule has 1 saturated heterocycles. The van der Waals surface area contributed by atoms with Gasteiger partial charge in [0.1, 0.15) is 0 Å². The quantitative estimate of drug-likeness (QED) is 0.368. The molecule has 3 fully saturated rings. The minimum Gasteiger partial charge on any atom is -0.449 e. The van der Waals surface area contributed by atoms with Gasteiger partial charge < -0.3 is 20.7 Å². The molecule has 1 aromatic carbocycles. The maximum Gasteiger partial charge on any atom is 0.411 e. The van der Waals surface area contributed by atoms with E-state index < -0.39 is 35.7 Å². The number of nitrogens with one attached hydrogen (secondary N) is 4. The van der Waals surface area contributed by atoms with Gasteiger partial charge in [-0.15, -0.1) is 0 Å². The highest BCUT2D eigenvalue weighted by Gasteiger charge is 2.36. The summed E-state index contributed by atoms with van der Waals surface area (Å²) in [5.74, 6) is -2.67. The van der Waals surface area contributed by atoms with Crippen molar-refractivity contribution in [2.24, 2.45) is 11.8 Å². The van der Waals surface area contributed by atoms with Crippen LogP contribution in [-0.4, -0.2) is 54.8 Å². The third kappa shape index (κ3) is 6.47. The Bertz CT molecular complexity index is 1010. The number of carbonyl (C=O) groups excluding carboxylic acids is 5. The average molecular weight is 491 g/mol. The molecule has 0 bridgehead atoms. The summed E-state index contributed by atoms with van der Waals surface area (Å²) >= 11 is 6.07. The predicted octanol–water partition coefficient (Wildman–Crippen LogP) is 1.77. The van der Waals surface area contributed by atoms with Crippen LogP contribution in [0.1, 0.15) is 48.9 Å². The summed E-state index contributed by atoms with van der Waals surface area (Å²) in [5.41, 5.74) is 0.155. The minimum atomic E-state index is -1.21. The molecule has 2 atom stereocenters. The minimum absolute atomic E-state index is 0.00662. The molecular weight excluding hydrogens is 464 g/mol. The van der Waals surface area contributed by atoms with Gasteiger partial charge >= 0.3 is 6.09 Å². The highest BCUT2D eigenvalue weighted by Crippen LogP contribution is 2.29. The molecule has 4 amide bonds. The van der Waals surface area contributed by atoms with Crippen molar-refractivity contribution in [2.45, 2.75) is 50.6 Å². The highest BCUT2D eigenvalue weighted by molar-refractivity contribution is 6.38. The molecule has 34 heavy (non-hydrogen) atoms. The maximum absolute atomic E-state index is 13.2. The lowest BCUT2D eigenvalue weighted by Crippen LogP contribution is -2.49.